The highest BCUT2D eigenvalue weighted by atomic mass is 16.5. The number of rotatable bonds is 3. The van der Waals surface area contributed by atoms with Crippen LogP contribution in [0.5, 0.6) is 0 Å². The summed E-state index contributed by atoms with van der Waals surface area (Å²) in [5.41, 5.74) is 0. The van der Waals surface area contributed by atoms with Crippen LogP contribution in [0.1, 0.15) is 45.4 Å². The first-order chi connectivity index (χ1) is 12.9. The fourth-order valence-corrected chi connectivity index (χ4v) is 3.82. The summed E-state index contributed by atoms with van der Waals surface area (Å²) in [4.78, 5) is 7.13. The molecule has 0 aromatic rings. The smallest absolute Gasteiger partial charge is 0.0595 e. The van der Waals surface area contributed by atoms with Gasteiger partial charge in [0.15, 0.2) is 0 Å². The molecule has 0 N–H and O–H groups in total. The Labute approximate surface area is 169 Å². The van der Waals surface area contributed by atoms with Crippen LogP contribution in [0.4, 0.5) is 0 Å². The van der Waals surface area contributed by atoms with Gasteiger partial charge < -0.3 is 24.2 Å². The van der Waals surface area contributed by atoms with E-state index in [9.17, 15) is 0 Å². The van der Waals surface area contributed by atoms with Gasteiger partial charge in [-0.25, -0.2) is 0 Å². The molecule has 0 atom stereocenters. The van der Waals surface area contributed by atoms with Gasteiger partial charge in [0.05, 0.1) is 6.10 Å². The average Bonchev–Trinajstić information content (AvgIpc) is 2.68. The molecule has 0 radical (unpaired) electrons. The number of likely N-dealkylation sites (tertiary alicyclic amines) is 3. The Balaban J connectivity index is 0.000000204. The molecule has 3 rings (SSSR count). The van der Waals surface area contributed by atoms with Crippen molar-refractivity contribution in [1.82, 2.24) is 14.7 Å². The molecule has 0 amide bonds. The summed E-state index contributed by atoms with van der Waals surface area (Å²) in [7, 11) is 10.1. The minimum Gasteiger partial charge on any atom is -0.384 e. The number of methoxy groups -OCH3 is 2. The third kappa shape index (κ3) is 12.1. The van der Waals surface area contributed by atoms with E-state index < -0.39 is 0 Å². The van der Waals surface area contributed by atoms with Crippen LogP contribution in [0.2, 0.25) is 0 Å². The molecule has 3 saturated heterocycles. The number of nitrogens with zero attached hydrogens (tertiary/aromatic N) is 3. The summed E-state index contributed by atoms with van der Waals surface area (Å²) >= 11 is 0. The number of hydrogen-bond acceptors (Lipinski definition) is 5. The molecule has 162 valence electrons. The first-order valence-corrected chi connectivity index (χ1v) is 11.0. The molecule has 5 nitrogen and oxygen atoms in total. The Morgan fingerprint density at radius 1 is 0.667 bits per heavy atom. The van der Waals surface area contributed by atoms with Gasteiger partial charge in [-0.05, 0) is 97.7 Å². The zero-order valence-electron chi connectivity index (χ0n) is 19.1. The van der Waals surface area contributed by atoms with Crippen LogP contribution in [0.3, 0.4) is 0 Å². The molecule has 3 heterocycles. The molecule has 0 aromatic carbocycles. The lowest BCUT2D eigenvalue weighted by Crippen LogP contribution is -2.33. The van der Waals surface area contributed by atoms with E-state index >= 15 is 0 Å². The number of piperidine rings is 3. The van der Waals surface area contributed by atoms with E-state index in [1.165, 1.54) is 77.8 Å². The van der Waals surface area contributed by atoms with E-state index in [1.807, 2.05) is 0 Å². The number of hydrogen-bond donors (Lipinski definition) is 0. The lowest BCUT2D eigenvalue weighted by atomic mass is 9.98. The van der Waals surface area contributed by atoms with Crippen LogP contribution in [-0.4, -0.2) is 102 Å². The Morgan fingerprint density at radius 3 is 1.44 bits per heavy atom. The quantitative estimate of drug-likeness (QED) is 0.745. The Morgan fingerprint density at radius 2 is 1.07 bits per heavy atom. The summed E-state index contributed by atoms with van der Waals surface area (Å²) in [6.45, 7) is 10.8. The summed E-state index contributed by atoms with van der Waals surface area (Å²) in [5.74, 6) is 1.80. The van der Waals surface area contributed by atoms with Crippen molar-refractivity contribution in [2.24, 2.45) is 11.8 Å². The Hall–Kier alpha value is -0.200. The van der Waals surface area contributed by atoms with Crippen LogP contribution in [0, 0.1) is 11.8 Å². The van der Waals surface area contributed by atoms with Gasteiger partial charge in [0.2, 0.25) is 0 Å². The zero-order valence-corrected chi connectivity index (χ0v) is 19.1. The van der Waals surface area contributed by atoms with Gasteiger partial charge in [-0.1, -0.05) is 6.92 Å². The lowest BCUT2D eigenvalue weighted by molar-refractivity contribution is 0.0484. The van der Waals surface area contributed by atoms with Crippen LogP contribution in [0.15, 0.2) is 0 Å². The molecule has 0 unspecified atom stereocenters. The standard InChI is InChI=1S/C8H17NO.C7H15NO.C7H15N/c1-9-5-3-8(4-6-9)7-10-2;1-8-5-3-7(9-2)4-6-8;1-7-3-5-8(2)6-4-7/h8H,3-7H2,1-2H3;7H,3-6H2,1-2H3;7H,3-6H2,1-2H3. The molecule has 0 bridgehead atoms. The molecule has 3 fully saturated rings. The average molecular weight is 386 g/mol. The molecule has 0 spiro atoms. The van der Waals surface area contributed by atoms with Crippen molar-refractivity contribution in [3.05, 3.63) is 0 Å². The molecule has 27 heavy (non-hydrogen) atoms. The van der Waals surface area contributed by atoms with E-state index in [1.54, 1.807) is 14.2 Å². The van der Waals surface area contributed by atoms with Crippen molar-refractivity contribution in [3.8, 4) is 0 Å². The van der Waals surface area contributed by atoms with Gasteiger partial charge in [0.1, 0.15) is 0 Å². The van der Waals surface area contributed by atoms with Gasteiger partial charge in [-0.3, -0.25) is 0 Å². The van der Waals surface area contributed by atoms with Crippen molar-refractivity contribution in [2.75, 3.05) is 81.2 Å². The van der Waals surface area contributed by atoms with Gasteiger partial charge in [-0.2, -0.15) is 0 Å². The predicted octanol–water partition coefficient (Wildman–Crippen LogP) is 3.05. The van der Waals surface area contributed by atoms with Gasteiger partial charge in [0, 0.05) is 33.9 Å². The highest BCUT2D eigenvalue weighted by molar-refractivity contribution is 4.69. The Bertz CT molecular complexity index is 322. The maximum atomic E-state index is 5.21. The molecule has 0 aromatic heterocycles. The SMILES string of the molecule is CC1CCN(C)CC1.COC1CCN(C)CC1.COCC1CCN(C)CC1. The first kappa shape index (κ1) is 24.8. The van der Waals surface area contributed by atoms with E-state index in [2.05, 4.69) is 42.8 Å². The van der Waals surface area contributed by atoms with Crippen molar-refractivity contribution >= 4 is 0 Å². The largest absolute Gasteiger partial charge is 0.384 e. The number of ether oxygens (including phenoxy) is 2. The summed E-state index contributed by atoms with van der Waals surface area (Å²) in [6.07, 6.45) is 8.35. The fourth-order valence-electron chi connectivity index (χ4n) is 3.82. The lowest BCUT2D eigenvalue weighted by Gasteiger charge is -2.28. The second-order valence-electron chi connectivity index (χ2n) is 8.93. The summed E-state index contributed by atoms with van der Waals surface area (Å²) in [5, 5.41) is 0. The maximum Gasteiger partial charge on any atom is 0.0595 e. The fraction of sp³-hybridized carbons (Fsp3) is 1.00. The van der Waals surface area contributed by atoms with E-state index in [4.69, 9.17) is 9.47 Å². The van der Waals surface area contributed by atoms with E-state index in [0.717, 1.165) is 18.4 Å². The molecular weight excluding hydrogens is 338 g/mol. The van der Waals surface area contributed by atoms with Gasteiger partial charge in [0.25, 0.3) is 0 Å². The van der Waals surface area contributed by atoms with Crippen molar-refractivity contribution in [1.29, 1.82) is 0 Å². The zero-order chi connectivity index (χ0) is 20.1. The third-order valence-corrected chi connectivity index (χ3v) is 6.25. The molecular formula is C22H47N3O2. The highest BCUT2D eigenvalue weighted by Crippen LogP contribution is 2.15. The van der Waals surface area contributed by atoms with Crippen molar-refractivity contribution < 1.29 is 9.47 Å². The molecule has 0 saturated carbocycles. The third-order valence-electron chi connectivity index (χ3n) is 6.25. The maximum absolute atomic E-state index is 5.21. The second kappa shape index (κ2) is 14.7. The van der Waals surface area contributed by atoms with Gasteiger partial charge in [-0.15, -0.1) is 0 Å². The van der Waals surface area contributed by atoms with Gasteiger partial charge >= 0.3 is 0 Å². The van der Waals surface area contributed by atoms with E-state index in [0.29, 0.717) is 6.10 Å². The van der Waals surface area contributed by atoms with Crippen LogP contribution >= 0.6 is 0 Å². The van der Waals surface area contributed by atoms with Crippen molar-refractivity contribution in [2.45, 2.75) is 51.6 Å². The van der Waals surface area contributed by atoms with Crippen molar-refractivity contribution in [3.63, 3.8) is 0 Å². The molecule has 5 heteroatoms. The first-order valence-electron chi connectivity index (χ1n) is 11.0. The van der Waals surface area contributed by atoms with Crippen LogP contribution in [0.25, 0.3) is 0 Å². The summed E-state index contributed by atoms with van der Waals surface area (Å²) < 4.78 is 10.3. The topological polar surface area (TPSA) is 28.2 Å². The molecule has 3 aliphatic rings. The monoisotopic (exact) mass is 385 g/mol. The predicted molar refractivity (Wildman–Crippen MR) is 116 cm³/mol. The minimum absolute atomic E-state index is 0.529. The highest BCUT2D eigenvalue weighted by Gasteiger charge is 2.16. The second-order valence-corrected chi connectivity index (χ2v) is 8.93. The molecule has 3 aliphatic heterocycles. The Kier molecular flexibility index (Phi) is 13.6. The normalized spacial score (nSPS) is 24.7. The van der Waals surface area contributed by atoms with Crippen LogP contribution in [-0.2, 0) is 9.47 Å². The summed E-state index contributed by atoms with van der Waals surface area (Å²) in [6, 6.07) is 0. The van der Waals surface area contributed by atoms with Crippen LogP contribution < -0.4 is 0 Å². The minimum atomic E-state index is 0.529. The van der Waals surface area contributed by atoms with E-state index in [-0.39, 0.29) is 0 Å². The molecule has 0 aliphatic carbocycles.